The number of nitrogens with zero attached hydrogens (tertiary/aromatic N) is 1. The molecular weight excluding hydrogens is 266 g/mol. The molecule has 1 aromatic rings. The van der Waals surface area contributed by atoms with E-state index in [4.69, 9.17) is 5.11 Å². The summed E-state index contributed by atoms with van der Waals surface area (Å²) in [6.07, 6.45) is 4.34. The van der Waals surface area contributed by atoms with E-state index in [0.29, 0.717) is 17.7 Å². The lowest BCUT2D eigenvalue weighted by Gasteiger charge is -2.37. The van der Waals surface area contributed by atoms with Gasteiger partial charge in [0.25, 0.3) is 0 Å². The van der Waals surface area contributed by atoms with Gasteiger partial charge in [0, 0.05) is 19.0 Å². The average Bonchev–Trinajstić information content (AvgIpc) is 2.48. The molecule has 2 unspecified atom stereocenters. The van der Waals surface area contributed by atoms with Crippen LogP contribution in [0.3, 0.4) is 0 Å². The third kappa shape index (κ3) is 5.05. The third-order valence-electron chi connectivity index (χ3n) is 4.41. The topological polar surface area (TPSA) is 60.8 Å². The van der Waals surface area contributed by atoms with E-state index in [1.807, 2.05) is 12.1 Å². The molecule has 0 aromatic heterocycles. The maximum atomic E-state index is 10.7. The SMILES string of the molecule is CC(Cc1ccc(O)cc1)N1CCCC(CCC(=O)O)C1. The molecule has 2 atom stereocenters. The summed E-state index contributed by atoms with van der Waals surface area (Å²) < 4.78 is 0. The average molecular weight is 291 g/mol. The number of aliphatic carboxylic acids is 1. The molecule has 1 fully saturated rings. The van der Waals surface area contributed by atoms with E-state index in [1.54, 1.807) is 12.1 Å². The van der Waals surface area contributed by atoms with E-state index < -0.39 is 5.97 Å². The standard InChI is InChI=1S/C17H25NO3/c1-13(11-14-4-7-16(19)8-5-14)18-10-2-3-15(12-18)6-9-17(20)21/h4-5,7-8,13,15,19H,2-3,6,9-12H2,1H3,(H,20,21). The van der Waals surface area contributed by atoms with Crippen molar-refractivity contribution in [2.75, 3.05) is 13.1 Å². The molecular formula is C17H25NO3. The van der Waals surface area contributed by atoms with E-state index in [9.17, 15) is 9.90 Å². The van der Waals surface area contributed by atoms with Crippen LogP contribution < -0.4 is 0 Å². The fourth-order valence-corrected chi connectivity index (χ4v) is 3.16. The van der Waals surface area contributed by atoms with E-state index >= 15 is 0 Å². The number of hydrogen-bond acceptors (Lipinski definition) is 3. The number of hydrogen-bond donors (Lipinski definition) is 2. The zero-order valence-corrected chi connectivity index (χ0v) is 12.7. The number of carboxylic acids is 1. The van der Waals surface area contributed by atoms with Gasteiger partial charge in [-0.05, 0) is 62.8 Å². The highest BCUT2D eigenvalue weighted by Crippen LogP contribution is 2.24. The highest BCUT2D eigenvalue weighted by molar-refractivity contribution is 5.66. The van der Waals surface area contributed by atoms with Crippen LogP contribution in [0.5, 0.6) is 5.75 Å². The molecule has 1 aliphatic heterocycles. The van der Waals surface area contributed by atoms with E-state index in [1.165, 1.54) is 5.56 Å². The Morgan fingerprint density at radius 3 is 2.76 bits per heavy atom. The molecule has 0 bridgehead atoms. The van der Waals surface area contributed by atoms with Gasteiger partial charge >= 0.3 is 5.97 Å². The van der Waals surface area contributed by atoms with E-state index in [0.717, 1.165) is 38.8 Å². The normalized spacial score (nSPS) is 21.1. The maximum Gasteiger partial charge on any atom is 0.303 e. The molecule has 1 aromatic carbocycles. The molecule has 4 heteroatoms. The zero-order chi connectivity index (χ0) is 15.2. The Balaban J connectivity index is 1.85. The molecule has 116 valence electrons. The van der Waals surface area contributed by atoms with Crippen LogP contribution in [-0.2, 0) is 11.2 Å². The molecule has 1 aliphatic rings. The largest absolute Gasteiger partial charge is 0.508 e. The van der Waals surface area contributed by atoms with Gasteiger partial charge in [-0.2, -0.15) is 0 Å². The van der Waals surface area contributed by atoms with Crippen LogP contribution in [0.1, 0.15) is 38.2 Å². The predicted octanol–water partition coefficient (Wildman–Crippen LogP) is 2.90. The van der Waals surface area contributed by atoms with Crippen molar-refractivity contribution in [1.29, 1.82) is 0 Å². The summed E-state index contributed by atoms with van der Waals surface area (Å²) in [6.45, 7) is 4.34. The van der Waals surface area contributed by atoms with Gasteiger partial charge in [-0.3, -0.25) is 4.79 Å². The lowest BCUT2D eigenvalue weighted by atomic mass is 9.92. The second-order valence-corrected chi connectivity index (χ2v) is 6.16. The van der Waals surface area contributed by atoms with Crippen molar-refractivity contribution < 1.29 is 15.0 Å². The molecule has 1 heterocycles. The lowest BCUT2D eigenvalue weighted by molar-refractivity contribution is -0.137. The third-order valence-corrected chi connectivity index (χ3v) is 4.41. The molecule has 1 saturated heterocycles. The smallest absolute Gasteiger partial charge is 0.303 e. The number of benzene rings is 1. The molecule has 21 heavy (non-hydrogen) atoms. The Kier molecular flexibility index (Phi) is 5.62. The van der Waals surface area contributed by atoms with Crippen LogP contribution in [0.15, 0.2) is 24.3 Å². The van der Waals surface area contributed by atoms with Crippen molar-refractivity contribution >= 4 is 5.97 Å². The Hall–Kier alpha value is -1.55. The molecule has 0 amide bonds. The van der Waals surface area contributed by atoms with Crippen molar-refractivity contribution in [3.05, 3.63) is 29.8 Å². The van der Waals surface area contributed by atoms with Gasteiger partial charge in [0.05, 0.1) is 0 Å². The maximum absolute atomic E-state index is 10.7. The van der Waals surface area contributed by atoms with Crippen molar-refractivity contribution in [3.8, 4) is 5.75 Å². The summed E-state index contributed by atoms with van der Waals surface area (Å²) in [5.41, 5.74) is 1.23. The van der Waals surface area contributed by atoms with Crippen molar-refractivity contribution in [1.82, 2.24) is 4.90 Å². The van der Waals surface area contributed by atoms with Gasteiger partial charge < -0.3 is 15.1 Å². The van der Waals surface area contributed by atoms with E-state index in [-0.39, 0.29) is 6.42 Å². The van der Waals surface area contributed by atoms with Crippen LogP contribution in [0, 0.1) is 5.92 Å². The number of carboxylic acid groups (broad SMARTS) is 1. The van der Waals surface area contributed by atoms with Gasteiger partial charge in [0.1, 0.15) is 5.75 Å². The summed E-state index contributed by atoms with van der Waals surface area (Å²) in [5, 5.41) is 18.1. The molecule has 2 N–H and O–H groups in total. The number of phenols is 1. The number of likely N-dealkylation sites (tertiary alicyclic amines) is 1. The molecule has 4 nitrogen and oxygen atoms in total. The number of rotatable bonds is 6. The summed E-state index contributed by atoms with van der Waals surface area (Å²) >= 11 is 0. The molecule has 0 radical (unpaired) electrons. The highest BCUT2D eigenvalue weighted by atomic mass is 16.4. The Bertz CT molecular complexity index is 458. The molecule has 0 saturated carbocycles. The first-order valence-corrected chi connectivity index (χ1v) is 7.78. The number of phenolic OH excluding ortho intramolecular Hbond substituents is 1. The van der Waals surface area contributed by atoms with Crippen LogP contribution in [0.4, 0.5) is 0 Å². The van der Waals surface area contributed by atoms with E-state index in [2.05, 4.69) is 11.8 Å². The summed E-state index contributed by atoms with van der Waals surface area (Å²) in [7, 11) is 0. The lowest BCUT2D eigenvalue weighted by Crippen LogP contribution is -2.42. The van der Waals surface area contributed by atoms with Crippen LogP contribution in [0.2, 0.25) is 0 Å². The van der Waals surface area contributed by atoms with Crippen molar-refractivity contribution in [2.45, 2.75) is 45.1 Å². The Morgan fingerprint density at radius 2 is 2.10 bits per heavy atom. The van der Waals surface area contributed by atoms with Crippen LogP contribution >= 0.6 is 0 Å². The van der Waals surface area contributed by atoms with Crippen LogP contribution in [0.25, 0.3) is 0 Å². The minimum absolute atomic E-state index is 0.283. The fraction of sp³-hybridized carbons (Fsp3) is 0.588. The summed E-state index contributed by atoms with van der Waals surface area (Å²) in [4.78, 5) is 13.2. The Morgan fingerprint density at radius 1 is 1.38 bits per heavy atom. The van der Waals surface area contributed by atoms with Crippen molar-refractivity contribution in [3.63, 3.8) is 0 Å². The van der Waals surface area contributed by atoms with Gasteiger partial charge in [0.15, 0.2) is 0 Å². The number of piperidine rings is 1. The zero-order valence-electron chi connectivity index (χ0n) is 12.7. The number of carbonyl (C=O) groups is 1. The van der Waals surface area contributed by atoms with Gasteiger partial charge in [-0.25, -0.2) is 0 Å². The first kappa shape index (κ1) is 15.8. The second-order valence-electron chi connectivity index (χ2n) is 6.16. The summed E-state index contributed by atoms with van der Waals surface area (Å²) in [5.74, 6) is 0.125. The Labute approximate surface area is 126 Å². The molecule has 0 aliphatic carbocycles. The fourth-order valence-electron chi connectivity index (χ4n) is 3.16. The highest BCUT2D eigenvalue weighted by Gasteiger charge is 2.23. The monoisotopic (exact) mass is 291 g/mol. The van der Waals surface area contributed by atoms with Gasteiger partial charge in [-0.15, -0.1) is 0 Å². The first-order valence-electron chi connectivity index (χ1n) is 7.78. The predicted molar refractivity (Wildman–Crippen MR) is 82.4 cm³/mol. The molecule has 2 rings (SSSR count). The molecule has 0 spiro atoms. The quantitative estimate of drug-likeness (QED) is 0.846. The number of aromatic hydroxyl groups is 1. The summed E-state index contributed by atoms with van der Waals surface area (Å²) in [6, 6.07) is 7.85. The minimum Gasteiger partial charge on any atom is -0.508 e. The first-order chi connectivity index (χ1) is 10.0. The van der Waals surface area contributed by atoms with Crippen LogP contribution in [-0.4, -0.2) is 40.2 Å². The minimum atomic E-state index is -0.690. The van der Waals surface area contributed by atoms with Crippen molar-refractivity contribution in [2.24, 2.45) is 5.92 Å². The second kappa shape index (κ2) is 7.46. The van der Waals surface area contributed by atoms with Gasteiger partial charge in [-0.1, -0.05) is 12.1 Å². The van der Waals surface area contributed by atoms with Gasteiger partial charge in [0.2, 0.25) is 0 Å².